The first-order valence-electron chi connectivity index (χ1n) is 3.39. The number of nitrogens with two attached hydrogens (primary N) is 1. The first kappa shape index (κ1) is 12.1. The van der Waals surface area contributed by atoms with Crippen molar-refractivity contribution in [2.45, 2.75) is 6.55 Å². The number of aromatic nitrogens is 2. The normalized spacial score (nSPS) is 9.85. The van der Waals surface area contributed by atoms with E-state index < -0.39 is 6.55 Å². The summed E-state index contributed by atoms with van der Waals surface area (Å²) >= 11 is 0. The molecule has 0 unspecified atom stereocenters. The maximum Gasteiger partial charge on any atom is 0.333 e. The topological polar surface area (TPSA) is 53.1 Å². The Kier molecular flexibility index (Phi) is 5.33. The van der Waals surface area contributed by atoms with Crippen LogP contribution < -0.4 is 10.5 Å². The van der Waals surface area contributed by atoms with Crippen LogP contribution in [0.2, 0.25) is 0 Å². The quantitative estimate of drug-likeness (QED) is 0.813. The van der Waals surface area contributed by atoms with Gasteiger partial charge < -0.3 is 10.5 Å². The lowest BCUT2D eigenvalue weighted by molar-refractivity contribution is 0.0563. The summed E-state index contributed by atoms with van der Waals surface area (Å²) in [4.78, 5) is 0. The molecule has 2 N–H and O–H groups in total. The van der Waals surface area contributed by atoms with E-state index in [1.165, 1.54) is 6.20 Å². The van der Waals surface area contributed by atoms with Crippen LogP contribution in [0.15, 0.2) is 12.4 Å². The van der Waals surface area contributed by atoms with Crippen LogP contribution >= 0.6 is 12.4 Å². The summed E-state index contributed by atoms with van der Waals surface area (Å²) in [6.07, 6.45) is 2.35. The number of nitrogens with zero attached hydrogens (tertiary/aromatic N) is 2. The smallest absolute Gasteiger partial charge is 0.333 e. The lowest BCUT2D eigenvalue weighted by Gasteiger charge is -1.98. The van der Waals surface area contributed by atoms with Crippen molar-refractivity contribution < 1.29 is 13.5 Å². The summed E-state index contributed by atoms with van der Waals surface area (Å²) in [6.45, 7) is -1.98. The molecule has 0 aromatic carbocycles. The molecule has 0 radical (unpaired) electrons. The second-order valence-corrected chi connectivity index (χ2v) is 2.07. The van der Waals surface area contributed by atoms with Crippen LogP contribution in [0.3, 0.4) is 0 Å². The average Bonchev–Trinajstić information content (AvgIpc) is 2.48. The van der Waals surface area contributed by atoms with E-state index >= 15 is 0 Å². The van der Waals surface area contributed by atoms with E-state index in [4.69, 9.17) is 10.5 Å². The van der Waals surface area contributed by atoms with E-state index in [2.05, 4.69) is 5.10 Å². The molecular weight excluding hydrogens is 204 g/mol. The summed E-state index contributed by atoms with van der Waals surface area (Å²) in [5.74, 6) is 0.306. The third kappa shape index (κ3) is 3.56. The van der Waals surface area contributed by atoms with E-state index in [1.807, 2.05) is 0 Å². The lowest BCUT2D eigenvalue weighted by atomic mass is 10.6. The van der Waals surface area contributed by atoms with Crippen LogP contribution in [0.25, 0.3) is 0 Å². The van der Waals surface area contributed by atoms with Crippen LogP contribution in [0.4, 0.5) is 8.78 Å². The fourth-order valence-electron chi connectivity index (χ4n) is 0.679. The summed E-state index contributed by atoms with van der Waals surface area (Å²) in [5.41, 5.74) is 5.14. The molecule has 1 heterocycles. The van der Waals surface area contributed by atoms with Crippen molar-refractivity contribution in [2.24, 2.45) is 5.73 Å². The van der Waals surface area contributed by atoms with Gasteiger partial charge in [0.15, 0.2) is 5.75 Å². The standard InChI is InChI=1S/C6H9F2N3O.ClH/c7-6(8)11-4-5(3-10-11)12-2-1-9;/h3-4,6H,1-2,9H2;1H. The third-order valence-corrected chi connectivity index (χ3v) is 1.16. The third-order valence-electron chi connectivity index (χ3n) is 1.16. The van der Waals surface area contributed by atoms with Gasteiger partial charge in [-0.3, -0.25) is 0 Å². The van der Waals surface area contributed by atoms with Gasteiger partial charge in [-0.25, -0.2) is 4.68 Å². The number of hydrogen-bond acceptors (Lipinski definition) is 3. The monoisotopic (exact) mass is 213 g/mol. The highest BCUT2D eigenvalue weighted by atomic mass is 35.5. The summed E-state index contributed by atoms with van der Waals surface area (Å²) < 4.78 is 29.3. The van der Waals surface area contributed by atoms with Crippen LogP contribution in [-0.4, -0.2) is 22.9 Å². The van der Waals surface area contributed by atoms with Crippen LogP contribution in [0.1, 0.15) is 6.55 Å². The maximum atomic E-state index is 11.9. The number of ether oxygens (including phenoxy) is 1. The Morgan fingerprint density at radius 3 is 2.77 bits per heavy atom. The predicted octanol–water partition coefficient (Wildman–Crippen LogP) is 1.04. The molecule has 0 bridgehead atoms. The van der Waals surface area contributed by atoms with Crippen molar-refractivity contribution in [3.8, 4) is 5.75 Å². The van der Waals surface area contributed by atoms with Gasteiger partial charge in [0.2, 0.25) is 0 Å². The Hall–Kier alpha value is -0.880. The zero-order valence-electron chi connectivity index (χ0n) is 6.69. The fourth-order valence-corrected chi connectivity index (χ4v) is 0.679. The van der Waals surface area contributed by atoms with Crippen LogP contribution in [0.5, 0.6) is 5.75 Å². The van der Waals surface area contributed by atoms with Gasteiger partial charge in [-0.1, -0.05) is 0 Å². The molecule has 1 aromatic heterocycles. The molecule has 0 atom stereocenters. The molecule has 0 fully saturated rings. The molecule has 0 spiro atoms. The molecule has 13 heavy (non-hydrogen) atoms. The SMILES string of the molecule is Cl.NCCOc1cnn(C(F)F)c1. The number of hydrogen-bond donors (Lipinski definition) is 1. The van der Waals surface area contributed by atoms with Crippen molar-refractivity contribution in [3.63, 3.8) is 0 Å². The lowest BCUT2D eigenvalue weighted by Crippen LogP contribution is -2.10. The van der Waals surface area contributed by atoms with Crippen molar-refractivity contribution in [1.29, 1.82) is 0 Å². The minimum absolute atomic E-state index is 0. The van der Waals surface area contributed by atoms with E-state index in [0.29, 0.717) is 23.6 Å². The van der Waals surface area contributed by atoms with Crippen molar-refractivity contribution in [1.82, 2.24) is 9.78 Å². The van der Waals surface area contributed by atoms with Crippen molar-refractivity contribution >= 4 is 12.4 Å². The van der Waals surface area contributed by atoms with Gasteiger partial charge in [0.25, 0.3) is 0 Å². The zero-order valence-corrected chi connectivity index (χ0v) is 7.51. The van der Waals surface area contributed by atoms with Gasteiger partial charge in [0.1, 0.15) is 6.61 Å². The maximum absolute atomic E-state index is 11.9. The number of rotatable bonds is 4. The first-order chi connectivity index (χ1) is 5.74. The molecular formula is C6H10ClF2N3O. The highest BCUT2D eigenvalue weighted by molar-refractivity contribution is 5.85. The number of alkyl halides is 2. The van der Waals surface area contributed by atoms with Gasteiger partial charge in [0, 0.05) is 6.54 Å². The average molecular weight is 214 g/mol. The molecule has 7 heteroatoms. The van der Waals surface area contributed by atoms with Gasteiger partial charge in [-0.15, -0.1) is 12.4 Å². The molecule has 76 valence electrons. The zero-order chi connectivity index (χ0) is 8.97. The second kappa shape index (κ2) is 5.71. The Morgan fingerprint density at radius 1 is 1.62 bits per heavy atom. The Labute approximate surface area is 80.1 Å². The molecule has 0 aliphatic heterocycles. The molecule has 0 saturated heterocycles. The highest BCUT2D eigenvalue weighted by Gasteiger charge is 2.07. The van der Waals surface area contributed by atoms with Crippen LogP contribution in [0, 0.1) is 0 Å². The molecule has 4 nitrogen and oxygen atoms in total. The van der Waals surface area contributed by atoms with Crippen LogP contribution in [-0.2, 0) is 0 Å². The van der Waals surface area contributed by atoms with Crippen molar-refractivity contribution in [3.05, 3.63) is 12.4 Å². The van der Waals surface area contributed by atoms with E-state index in [-0.39, 0.29) is 12.4 Å². The highest BCUT2D eigenvalue weighted by Crippen LogP contribution is 2.14. The number of halogens is 3. The Balaban J connectivity index is 0.00000144. The molecule has 1 rings (SSSR count). The Bertz CT molecular complexity index is 244. The molecule has 0 amide bonds. The van der Waals surface area contributed by atoms with Gasteiger partial charge in [0.05, 0.1) is 12.4 Å². The minimum Gasteiger partial charge on any atom is -0.489 e. The van der Waals surface area contributed by atoms with E-state index in [1.54, 1.807) is 0 Å². The summed E-state index contributed by atoms with van der Waals surface area (Å²) in [7, 11) is 0. The Morgan fingerprint density at radius 2 is 2.31 bits per heavy atom. The first-order valence-corrected chi connectivity index (χ1v) is 3.39. The van der Waals surface area contributed by atoms with Gasteiger partial charge >= 0.3 is 6.55 Å². The summed E-state index contributed by atoms with van der Waals surface area (Å²) in [5, 5.41) is 3.37. The fraction of sp³-hybridized carbons (Fsp3) is 0.500. The largest absolute Gasteiger partial charge is 0.489 e. The predicted molar refractivity (Wildman–Crippen MR) is 45.3 cm³/mol. The molecule has 0 saturated carbocycles. The van der Waals surface area contributed by atoms with Crippen molar-refractivity contribution in [2.75, 3.05) is 13.2 Å². The van der Waals surface area contributed by atoms with Gasteiger partial charge in [-0.2, -0.15) is 13.9 Å². The summed E-state index contributed by atoms with van der Waals surface area (Å²) in [6, 6.07) is 0. The molecule has 0 aliphatic carbocycles. The second-order valence-electron chi connectivity index (χ2n) is 2.07. The van der Waals surface area contributed by atoms with Gasteiger partial charge in [-0.05, 0) is 0 Å². The van der Waals surface area contributed by atoms with E-state index in [9.17, 15) is 8.78 Å². The van der Waals surface area contributed by atoms with E-state index in [0.717, 1.165) is 6.20 Å². The molecule has 1 aromatic rings. The molecule has 0 aliphatic rings. The minimum atomic E-state index is -2.62.